The van der Waals surface area contributed by atoms with Crippen LogP contribution in [0.4, 0.5) is 24.5 Å². The third kappa shape index (κ3) is 3.15. The van der Waals surface area contributed by atoms with Gasteiger partial charge in [-0.25, -0.2) is 4.79 Å². The Kier molecular flexibility index (Phi) is 4.12. The van der Waals surface area contributed by atoms with Gasteiger partial charge in [0, 0.05) is 23.1 Å². The number of nitrogens with one attached hydrogen (secondary N) is 1. The highest BCUT2D eigenvalue weighted by Gasteiger charge is 2.30. The lowest BCUT2D eigenvalue weighted by Gasteiger charge is -2.11. The van der Waals surface area contributed by atoms with Crippen molar-refractivity contribution < 1.29 is 23.1 Å². The summed E-state index contributed by atoms with van der Waals surface area (Å²) < 4.78 is 40.1. The van der Waals surface area contributed by atoms with Crippen LogP contribution in [0.1, 0.15) is 16.1 Å². The fourth-order valence-corrected chi connectivity index (χ4v) is 2.87. The molecule has 25 heavy (non-hydrogen) atoms. The minimum Gasteiger partial charge on any atom is -0.477 e. The average molecular weight is 369 g/mol. The monoisotopic (exact) mass is 368 g/mol. The molecule has 0 amide bonds. The number of hydrogen-bond donors (Lipinski definition) is 2. The fourth-order valence-electron chi connectivity index (χ4n) is 2.70. The molecule has 0 unspecified atom stereocenters. The van der Waals surface area contributed by atoms with Crippen molar-refractivity contribution in [1.82, 2.24) is 4.57 Å². The van der Waals surface area contributed by atoms with Gasteiger partial charge in [0.1, 0.15) is 0 Å². The van der Waals surface area contributed by atoms with Crippen molar-refractivity contribution in [2.45, 2.75) is 6.18 Å². The Morgan fingerprint density at radius 1 is 1.20 bits per heavy atom. The number of aryl methyl sites for hydroxylation is 1. The van der Waals surface area contributed by atoms with Gasteiger partial charge >= 0.3 is 12.1 Å². The first-order valence-electron chi connectivity index (χ1n) is 7.14. The predicted molar refractivity (Wildman–Crippen MR) is 89.6 cm³/mol. The average Bonchev–Trinajstić information content (AvgIpc) is 2.79. The van der Waals surface area contributed by atoms with Crippen LogP contribution in [-0.4, -0.2) is 15.6 Å². The molecule has 1 aromatic heterocycles. The molecular formula is C17H12ClF3N2O2. The molecule has 1 heterocycles. The standard InChI is InChI=1S/C17H12ClF3N2O2/c1-23-13-8-10(18)5-6-12(13)14(15(23)16(24)25)22-11-4-2-3-9(7-11)17(19,20)21/h2-8,22H,1H3,(H,24,25). The normalized spacial score (nSPS) is 11.7. The van der Waals surface area contributed by atoms with Crippen molar-refractivity contribution in [3.05, 3.63) is 58.7 Å². The van der Waals surface area contributed by atoms with E-state index in [1.54, 1.807) is 25.2 Å². The highest BCUT2D eigenvalue weighted by Crippen LogP contribution is 2.36. The maximum atomic E-state index is 12.9. The Bertz CT molecular complexity index is 980. The largest absolute Gasteiger partial charge is 0.477 e. The number of fused-ring (bicyclic) bond motifs is 1. The number of rotatable bonds is 3. The summed E-state index contributed by atoms with van der Waals surface area (Å²) in [6.07, 6.45) is -4.49. The summed E-state index contributed by atoms with van der Waals surface area (Å²) in [5, 5.41) is 13.3. The number of anilines is 2. The summed E-state index contributed by atoms with van der Waals surface area (Å²) in [4.78, 5) is 11.6. The number of carbonyl (C=O) groups is 1. The van der Waals surface area contributed by atoms with Crippen molar-refractivity contribution in [2.24, 2.45) is 7.05 Å². The van der Waals surface area contributed by atoms with E-state index < -0.39 is 17.7 Å². The summed E-state index contributed by atoms with van der Waals surface area (Å²) in [5.41, 5.74) is 0.00692. The van der Waals surface area contributed by atoms with Crippen LogP contribution in [0.5, 0.6) is 0 Å². The summed E-state index contributed by atoms with van der Waals surface area (Å²) >= 11 is 5.96. The first-order chi connectivity index (χ1) is 11.7. The Morgan fingerprint density at radius 3 is 2.56 bits per heavy atom. The van der Waals surface area contributed by atoms with Gasteiger partial charge in [-0.2, -0.15) is 13.2 Å². The van der Waals surface area contributed by atoms with E-state index in [2.05, 4.69) is 5.32 Å². The van der Waals surface area contributed by atoms with Crippen molar-refractivity contribution in [2.75, 3.05) is 5.32 Å². The molecule has 2 aromatic carbocycles. The van der Waals surface area contributed by atoms with E-state index in [0.29, 0.717) is 15.9 Å². The van der Waals surface area contributed by atoms with Crippen LogP contribution < -0.4 is 5.32 Å². The van der Waals surface area contributed by atoms with Gasteiger partial charge in [0.25, 0.3) is 0 Å². The van der Waals surface area contributed by atoms with Gasteiger partial charge in [0.15, 0.2) is 5.69 Å². The zero-order valence-electron chi connectivity index (χ0n) is 12.9. The Hall–Kier alpha value is -2.67. The second-order valence-electron chi connectivity index (χ2n) is 5.45. The van der Waals surface area contributed by atoms with Gasteiger partial charge < -0.3 is 15.0 Å². The zero-order valence-corrected chi connectivity index (χ0v) is 13.6. The van der Waals surface area contributed by atoms with Crippen LogP contribution in [0.2, 0.25) is 5.02 Å². The highest BCUT2D eigenvalue weighted by molar-refractivity contribution is 6.31. The van der Waals surface area contributed by atoms with E-state index in [0.717, 1.165) is 12.1 Å². The predicted octanol–water partition coefficient (Wildman–Crippen LogP) is 5.29. The molecule has 8 heteroatoms. The smallest absolute Gasteiger partial charge is 0.416 e. The van der Waals surface area contributed by atoms with E-state index in [1.165, 1.54) is 16.7 Å². The number of aromatic nitrogens is 1. The lowest BCUT2D eigenvalue weighted by molar-refractivity contribution is -0.137. The molecule has 0 fully saturated rings. The van der Waals surface area contributed by atoms with E-state index in [-0.39, 0.29) is 17.1 Å². The SMILES string of the molecule is Cn1c(C(=O)O)c(Nc2cccc(C(F)(F)F)c2)c2ccc(Cl)cc21. The Morgan fingerprint density at radius 2 is 1.92 bits per heavy atom. The van der Waals surface area contributed by atoms with Crippen LogP contribution in [0, 0.1) is 0 Å². The van der Waals surface area contributed by atoms with Gasteiger partial charge in [-0.3, -0.25) is 0 Å². The van der Waals surface area contributed by atoms with Crippen molar-refractivity contribution in [1.29, 1.82) is 0 Å². The molecule has 3 aromatic rings. The summed E-state index contributed by atoms with van der Waals surface area (Å²) in [5.74, 6) is -1.20. The molecule has 130 valence electrons. The number of carboxylic acids is 1. The molecule has 0 saturated carbocycles. The Balaban J connectivity index is 2.16. The van der Waals surface area contributed by atoms with Crippen LogP contribution in [-0.2, 0) is 13.2 Å². The quantitative estimate of drug-likeness (QED) is 0.660. The molecule has 3 rings (SSSR count). The second kappa shape index (κ2) is 6.00. The van der Waals surface area contributed by atoms with Crippen molar-refractivity contribution in [3.63, 3.8) is 0 Å². The molecule has 0 aliphatic carbocycles. The second-order valence-corrected chi connectivity index (χ2v) is 5.89. The van der Waals surface area contributed by atoms with Crippen LogP contribution >= 0.6 is 11.6 Å². The first-order valence-corrected chi connectivity index (χ1v) is 7.52. The van der Waals surface area contributed by atoms with E-state index in [1.807, 2.05) is 0 Å². The van der Waals surface area contributed by atoms with Gasteiger partial charge in [0.05, 0.1) is 16.8 Å². The minimum absolute atomic E-state index is 0.0744. The molecule has 2 N–H and O–H groups in total. The molecule has 4 nitrogen and oxygen atoms in total. The molecule has 0 saturated heterocycles. The van der Waals surface area contributed by atoms with Gasteiger partial charge in [-0.1, -0.05) is 17.7 Å². The molecule has 0 aliphatic heterocycles. The minimum atomic E-state index is -4.49. The molecule has 0 atom stereocenters. The Labute approximate surface area is 145 Å². The summed E-state index contributed by atoms with van der Waals surface area (Å²) in [7, 11) is 1.55. The number of halogens is 4. The van der Waals surface area contributed by atoms with E-state index in [9.17, 15) is 23.1 Å². The molecular weight excluding hydrogens is 357 g/mol. The van der Waals surface area contributed by atoms with Gasteiger partial charge in [-0.15, -0.1) is 0 Å². The number of carboxylic acid groups (broad SMARTS) is 1. The van der Waals surface area contributed by atoms with Crippen LogP contribution in [0.3, 0.4) is 0 Å². The van der Waals surface area contributed by atoms with Gasteiger partial charge in [-0.05, 0) is 36.4 Å². The summed E-state index contributed by atoms with van der Waals surface area (Å²) in [6.45, 7) is 0. The van der Waals surface area contributed by atoms with E-state index >= 15 is 0 Å². The van der Waals surface area contributed by atoms with E-state index in [4.69, 9.17) is 11.6 Å². The maximum absolute atomic E-state index is 12.9. The first kappa shape index (κ1) is 17.2. The topological polar surface area (TPSA) is 54.3 Å². The highest BCUT2D eigenvalue weighted by atomic mass is 35.5. The molecule has 0 spiro atoms. The lowest BCUT2D eigenvalue weighted by Crippen LogP contribution is -2.08. The number of aromatic carboxylic acids is 1. The third-order valence-electron chi connectivity index (χ3n) is 3.82. The third-order valence-corrected chi connectivity index (χ3v) is 4.06. The van der Waals surface area contributed by atoms with Crippen molar-refractivity contribution >= 4 is 39.8 Å². The van der Waals surface area contributed by atoms with Crippen LogP contribution in [0.15, 0.2) is 42.5 Å². The zero-order chi connectivity index (χ0) is 18.4. The van der Waals surface area contributed by atoms with Crippen molar-refractivity contribution in [3.8, 4) is 0 Å². The maximum Gasteiger partial charge on any atom is 0.416 e. The molecule has 0 radical (unpaired) electrons. The number of benzene rings is 2. The number of alkyl halides is 3. The fraction of sp³-hybridized carbons (Fsp3) is 0.118. The number of hydrogen-bond acceptors (Lipinski definition) is 2. The van der Waals surface area contributed by atoms with Crippen LogP contribution in [0.25, 0.3) is 10.9 Å². The van der Waals surface area contributed by atoms with Gasteiger partial charge in [0.2, 0.25) is 0 Å². The number of nitrogens with zero attached hydrogens (tertiary/aromatic N) is 1. The molecule has 0 bridgehead atoms. The lowest BCUT2D eigenvalue weighted by atomic mass is 10.1. The summed E-state index contributed by atoms with van der Waals surface area (Å²) in [6, 6.07) is 9.39. The molecule has 0 aliphatic rings.